The largest absolute Gasteiger partial charge is 0.497 e. The molecule has 0 fully saturated rings. The fraction of sp³-hybridized carbons (Fsp3) is 0.0500. The zero-order valence-electron chi connectivity index (χ0n) is 15.0. The molecule has 7 nitrogen and oxygen atoms in total. The molecule has 0 unspecified atom stereocenters. The summed E-state index contributed by atoms with van der Waals surface area (Å²) in [4.78, 5) is 12.6. The summed E-state index contributed by atoms with van der Waals surface area (Å²) in [6.45, 7) is 0. The molecule has 28 heavy (non-hydrogen) atoms. The highest BCUT2D eigenvalue weighted by Crippen LogP contribution is 2.22. The van der Waals surface area contributed by atoms with Crippen molar-refractivity contribution in [1.82, 2.24) is 4.41 Å². The van der Waals surface area contributed by atoms with Crippen molar-refractivity contribution < 1.29 is 22.7 Å². The maximum Gasteiger partial charge on any atom is 0.449 e. The number of methoxy groups -OCH3 is 1. The zero-order chi connectivity index (χ0) is 20.0. The van der Waals surface area contributed by atoms with Crippen LogP contribution in [0.1, 0.15) is 0 Å². The molecular formula is C20H18N2O5S. The van der Waals surface area contributed by atoms with Gasteiger partial charge in [-0.15, -0.1) is 4.41 Å². The molecule has 144 valence electrons. The second-order valence-electron chi connectivity index (χ2n) is 5.60. The van der Waals surface area contributed by atoms with Gasteiger partial charge in [-0.05, 0) is 48.5 Å². The Morgan fingerprint density at radius 1 is 0.821 bits per heavy atom. The van der Waals surface area contributed by atoms with Gasteiger partial charge < -0.3 is 9.47 Å². The predicted octanol–water partition coefficient (Wildman–Crippen LogP) is 3.91. The molecule has 0 atom stereocenters. The highest BCUT2D eigenvalue weighted by Gasteiger charge is 2.32. The topological polar surface area (TPSA) is 84.9 Å². The first-order chi connectivity index (χ1) is 13.5. The first kappa shape index (κ1) is 19.2. The molecule has 0 heterocycles. The Bertz CT molecular complexity index is 1020. The minimum atomic E-state index is -4.25. The van der Waals surface area contributed by atoms with Crippen LogP contribution in [-0.2, 0) is 10.0 Å². The maximum absolute atomic E-state index is 13.1. The number of hydrogen-bond acceptors (Lipinski definition) is 6. The molecule has 0 saturated heterocycles. The molecule has 0 aromatic heterocycles. The summed E-state index contributed by atoms with van der Waals surface area (Å²) >= 11 is 0. The smallest absolute Gasteiger partial charge is 0.449 e. The first-order valence-corrected chi connectivity index (χ1v) is 9.72. The highest BCUT2D eigenvalue weighted by atomic mass is 32.2. The first-order valence-electron chi connectivity index (χ1n) is 8.28. The lowest BCUT2D eigenvalue weighted by molar-refractivity contribution is 0.184. The number of carbonyl (C=O) groups is 1. The Kier molecular flexibility index (Phi) is 5.81. The van der Waals surface area contributed by atoms with Crippen molar-refractivity contribution in [3.05, 3.63) is 84.9 Å². The Morgan fingerprint density at radius 2 is 1.39 bits per heavy atom. The Labute approximate surface area is 163 Å². The minimum Gasteiger partial charge on any atom is -0.497 e. The number of rotatable bonds is 6. The third kappa shape index (κ3) is 4.41. The van der Waals surface area contributed by atoms with Gasteiger partial charge in [0, 0.05) is 0 Å². The van der Waals surface area contributed by atoms with Crippen LogP contribution >= 0.6 is 0 Å². The van der Waals surface area contributed by atoms with Gasteiger partial charge in [-0.2, -0.15) is 8.42 Å². The summed E-state index contributed by atoms with van der Waals surface area (Å²) in [6, 6.07) is 22.4. The van der Waals surface area contributed by atoms with Gasteiger partial charge in [0.2, 0.25) is 0 Å². The normalized spacial score (nSPS) is 10.8. The second-order valence-corrected chi connectivity index (χ2v) is 7.39. The van der Waals surface area contributed by atoms with Gasteiger partial charge in [0.1, 0.15) is 11.5 Å². The fourth-order valence-electron chi connectivity index (χ4n) is 2.32. The van der Waals surface area contributed by atoms with E-state index in [4.69, 9.17) is 9.47 Å². The number of hydrogen-bond donors (Lipinski definition) is 1. The molecule has 0 spiro atoms. The van der Waals surface area contributed by atoms with Gasteiger partial charge in [0.05, 0.1) is 17.7 Å². The molecule has 3 aromatic carbocycles. The molecule has 0 radical (unpaired) electrons. The van der Waals surface area contributed by atoms with Gasteiger partial charge in [-0.3, -0.25) is 5.43 Å². The number of hydrazine groups is 1. The lowest BCUT2D eigenvalue weighted by Gasteiger charge is -2.23. The van der Waals surface area contributed by atoms with E-state index >= 15 is 0 Å². The monoisotopic (exact) mass is 398 g/mol. The van der Waals surface area contributed by atoms with E-state index in [-0.39, 0.29) is 10.6 Å². The standard InChI is InChI=1S/C20H18N2O5S/c1-26-17-12-14-19(15-13-17)28(24,25)22(21-16-8-4-2-5-9-16)20(23)27-18-10-6-3-7-11-18/h2-15,21H,1H3. The van der Waals surface area contributed by atoms with E-state index in [9.17, 15) is 13.2 Å². The number of nitrogens with zero attached hydrogens (tertiary/aromatic N) is 1. The third-order valence-corrected chi connectivity index (χ3v) is 5.31. The average Bonchev–Trinajstić information content (AvgIpc) is 2.73. The molecule has 1 amide bonds. The Morgan fingerprint density at radius 3 is 1.96 bits per heavy atom. The summed E-state index contributed by atoms with van der Waals surface area (Å²) in [5, 5.41) is 0. The van der Waals surface area contributed by atoms with Crippen molar-refractivity contribution >= 4 is 21.8 Å². The van der Waals surface area contributed by atoms with Gasteiger partial charge in [0.15, 0.2) is 0 Å². The third-order valence-electron chi connectivity index (χ3n) is 3.72. The van der Waals surface area contributed by atoms with E-state index in [2.05, 4.69) is 5.43 Å². The number of sulfonamides is 1. The van der Waals surface area contributed by atoms with E-state index < -0.39 is 16.1 Å². The zero-order valence-corrected chi connectivity index (χ0v) is 15.8. The van der Waals surface area contributed by atoms with Gasteiger partial charge in [-0.1, -0.05) is 36.4 Å². The van der Waals surface area contributed by atoms with Crippen molar-refractivity contribution in [2.24, 2.45) is 0 Å². The fourth-order valence-corrected chi connectivity index (χ4v) is 3.47. The Balaban J connectivity index is 1.95. The van der Waals surface area contributed by atoms with Crippen molar-refractivity contribution in [2.45, 2.75) is 4.90 Å². The van der Waals surface area contributed by atoms with Crippen LogP contribution in [0.5, 0.6) is 11.5 Å². The number of anilines is 1. The number of ether oxygens (including phenoxy) is 2. The molecule has 0 bridgehead atoms. The number of para-hydroxylation sites is 2. The lowest BCUT2D eigenvalue weighted by atomic mass is 10.3. The summed E-state index contributed by atoms with van der Waals surface area (Å²) in [5.74, 6) is 0.714. The van der Waals surface area contributed by atoms with Crippen LogP contribution in [0.15, 0.2) is 89.8 Å². The number of benzene rings is 3. The maximum atomic E-state index is 13.1. The van der Waals surface area contributed by atoms with Gasteiger partial charge in [-0.25, -0.2) is 4.79 Å². The quantitative estimate of drug-likeness (QED) is 0.634. The molecule has 0 aliphatic heterocycles. The van der Waals surface area contributed by atoms with Crippen molar-refractivity contribution in [3.63, 3.8) is 0 Å². The van der Waals surface area contributed by atoms with Crippen LogP contribution in [0.3, 0.4) is 0 Å². The van der Waals surface area contributed by atoms with E-state index in [1.807, 2.05) is 0 Å². The van der Waals surface area contributed by atoms with E-state index in [1.54, 1.807) is 60.7 Å². The van der Waals surface area contributed by atoms with Crippen LogP contribution < -0.4 is 14.9 Å². The minimum absolute atomic E-state index is 0.0956. The van der Waals surface area contributed by atoms with Crippen molar-refractivity contribution in [3.8, 4) is 11.5 Å². The van der Waals surface area contributed by atoms with Crippen LogP contribution in [-0.4, -0.2) is 26.0 Å². The SMILES string of the molecule is COc1ccc(S(=O)(=O)N(Nc2ccccc2)C(=O)Oc2ccccc2)cc1. The van der Waals surface area contributed by atoms with Crippen molar-refractivity contribution in [1.29, 1.82) is 0 Å². The summed E-state index contributed by atoms with van der Waals surface area (Å²) in [5.41, 5.74) is 3.01. The summed E-state index contributed by atoms with van der Waals surface area (Å²) in [6.07, 6.45) is -1.09. The highest BCUT2D eigenvalue weighted by molar-refractivity contribution is 7.89. The van der Waals surface area contributed by atoms with Crippen molar-refractivity contribution in [2.75, 3.05) is 12.5 Å². The number of carbonyl (C=O) groups excluding carboxylic acids is 1. The molecule has 1 N–H and O–H groups in total. The molecule has 8 heteroatoms. The second kappa shape index (κ2) is 8.45. The van der Waals surface area contributed by atoms with E-state index in [0.29, 0.717) is 15.9 Å². The molecular weight excluding hydrogens is 380 g/mol. The molecule has 0 aliphatic carbocycles. The van der Waals surface area contributed by atoms with E-state index in [1.165, 1.54) is 31.4 Å². The molecule has 0 aliphatic rings. The average molecular weight is 398 g/mol. The molecule has 3 rings (SSSR count). The van der Waals surface area contributed by atoms with Crippen LogP contribution in [0.25, 0.3) is 0 Å². The van der Waals surface area contributed by atoms with Gasteiger partial charge in [0.25, 0.3) is 10.0 Å². The Hall–Kier alpha value is -3.52. The van der Waals surface area contributed by atoms with E-state index in [0.717, 1.165) is 0 Å². The number of nitrogens with one attached hydrogen (secondary N) is 1. The van der Waals surface area contributed by atoms with Crippen LogP contribution in [0.4, 0.5) is 10.5 Å². The number of amides is 1. The lowest BCUT2D eigenvalue weighted by Crippen LogP contribution is -2.43. The predicted molar refractivity (Wildman–Crippen MR) is 105 cm³/mol. The van der Waals surface area contributed by atoms with Crippen LogP contribution in [0, 0.1) is 0 Å². The molecule has 0 saturated carbocycles. The molecule has 3 aromatic rings. The van der Waals surface area contributed by atoms with Crippen LogP contribution in [0.2, 0.25) is 0 Å². The van der Waals surface area contributed by atoms with Gasteiger partial charge >= 0.3 is 6.09 Å². The summed E-state index contributed by atoms with van der Waals surface area (Å²) < 4.78 is 36.9. The summed E-state index contributed by atoms with van der Waals surface area (Å²) in [7, 11) is -2.78.